The summed E-state index contributed by atoms with van der Waals surface area (Å²) in [5, 5.41) is 0. The summed E-state index contributed by atoms with van der Waals surface area (Å²) >= 11 is 0. The predicted molar refractivity (Wildman–Crippen MR) is 278 cm³/mol. The third-order valence-corrected chi connectivity index (χ3v) is 9.34. The smallest absolute Gasteiger partial charge is 0.306 e. The van der Waals surface area contributed by atoms with E-state index in [0.29, 0.717) is 19.3 Å². The van der Waals surface area contributed by atoms with E-state index < -0.39 is 6.10 Å². The molecule has 0 saturated carbocycles. The maximum absolute atomic E-state index is 12.8. The zero-order valence-corrected chi connectivity index (χ0v) is 40.7. The summed E-state index contributed by atoms with van der Waals surface area (Å²) < 4.78 is 16.6. The molecule has 6 nitrogen and oxygen atoms in total. The third kappa shape index (κ3) is 49.6. The monoisotopic (exact) mass is 891 g/mol. The zero-order chi connectivity index (χ0) is 47.2. The highest BCUT2D eigenvalue weighted by Crippen LogP contribution is 2.10. The van der Waals surface area contributed by atoms with Crippen molar-refractivity contribution in [2.75, 3.05) is 13.2 Å². The number of hydrogen-bond acceptors (Lipinski definition) is 6. The van der Waals surface area contributed by atoms with Crippen molar-refractivity contribution in [3.63, 3.8) is 0 Å². The Labute approximate surface area is 396 Å². The van der Waals surface area contributed by atoms with Crippen molar-refractivity contribution in [2.24, 2.45) is 0 Å². The average Bonchev–Trinajstić information content (AvgIpc) is 3.30. The van der Waals surface area contributed by atoms with Crippen LogP contribution in [-0.4, -0.2) is 37.2 Å². The molecule has 0 N–H and O–H groups in total. The van der Waals surface area contributed by atoms with E-state index in [-0.39, 0.29) is 50.4 Å². The third-order valence-electron chi connectivity index (χ3n) is 9.34. The van der Waals surface area contributed by atoms with E-state index in [4.69, 9.17) is 14.2 Å². The lowest BCUT2D eigenvalue weighted by atomic mass is 10.1. The van der Waals surface area contributed by atoms with Gasteiger partial charge in [0.05, 0.1) is 0 Å². The number of esters is 3. The molecule has 0 saturated heterocycles. The highest BCUT2D eigenvalue weighted by molar-refractivity contribution is 5.71. The van der Waals surface area contributed by atoms with Gasteiger partial charge in [-0.1, -0.05) is 204 Å². The minimum atomic E-state index is -0.851. The van der Waals surface area contributed by atoms with Crippen LogP contribution in [0, 0.1) is 0 Å². The molecule has 0 aromatic carbocycles. The summed E-state index contributed by atoms with van der Waals surface area (Å²) in [5.74, 6) is -1.12. The first kappa shape index (κ1) is 59.8. The zero-order valence-electron chi connectivity index (χ0n) is 40.7. The Kier molecular flexibility index (Phi) is 47.3. The molecule has 0 fully saturated rings. The second-order valence-electron chi connectivity index (χ2n) is 15.3. The number of allylic oxidation sites excluding steroid dienone is 28. The maximum atomic E-state index is 12.8. The van der Waals surface area contributed by atoms with E-state index in [9.17, 15) is 14.4 Å². The standard InChI is InChI=1S/C59H86O6/c1-4-7-10-13-16-19-22-25-28-31-34-37-40-43-46-49-52-58(61)64-55-56(54-63-57(60)51-48-45-42-39-36-33-30-27-24-21-18-15-12-9-6-3)65-59(62)53-50-47-44-41-38-35-32-29-26-23-20-17-14-11-8-5-2/h7-12,15-21,24-30,33-38,43,46,56H,4-6,13-14,22-23,31-32,39-42,44-45,47-55H2,1-3H3/b10-7-,11-8-,12-9-,18-15-,19-16-,20-17-,24-21-,28-25-,29-26-,30-27-,36-33-,37-34-,38-35-,46-43-. The van der Waals surface area contributed by atoms with Crippen LogP contribution >= 0.6 is 0 Å². The van der Waals surface area contributed by atoms with Crippen molar-refractivity contribution in [1.82, 2.24) is 0 Å². The second kappa shape index (κ2) is 51.4. The van der Waals surface area contributed by atoms with Gasteiger partial charge in [0.2, 0.25) is 0 Å². The minimum absolute atomic E-state index is 0.146. The number of carbonyl (C=O) groups excluding carboxylic acids is 3. The summed E-state index contributed by atoms with van der Waals surface area (Å²) in [6.07, 6.45) is 76.3. The van der Waals surface area contributed by atoms with Gasteiger partial charge in [0.25, 0.3) is 0 Å². The van der Waals surface area contributed by atoms with Gasteiger partial charge >= 0.3 is 17.9 Å². The van der Waals surface area contributed by atoms with Crippen LogP contribution in [0.4, 0.5) is 0 Å². The summed E-state index contributed by atoms with van der Waals surface area (Å²) in [6, 6.07) is 0. The van der Waals surface area contributed by atoms with E-state index in [0.717, 1.165) is 103 Å². The van der Waals surface area contributed by atoms with Crippen LogP contribution in [0.3, 0.4) is 0 Å². The number of unbranched alkanes of at least 4 members (excludes halogenated alkanes) is 6. The molecule has 0 aromatic rings. The molecular weight excluding hydrogens is 805 g/mol. The Morgan fingerprint density at radius 2 is 0.662 bits per heavy atom. The van der Waals surface area contributed by atoms with Gasteiger partial charge in [0, 0.05) is 19.3 Å². The largest absolute Gasteiger partial charge is 0.462 e. The molecule has 65 heavy (non-hydrogen) atoms. The average molecular weight is 891 g/mol. The molecule has 0 aliphatic carbocycles. The Morgan fingerprint density at radius 1 is 0.323 bits per heavy atom. The van der Waals surface area contributed by atoms with E-state index >= 15 is 0 Å². The molecule has 0 aliphatic heterocycles. The molecule has 0 heterocycles. The van der Waals surface area contributed by atoms with E-state index in [1.165, 1.54) is 0 Å². The van der Waals surface area contributed by atoms with Crippen molar-refractivity contribution in [3.8, 4) is 0 Å². The molecule has 0 rings (SSSR count). The van der Waals surface area contributed by atoms with E-state index in [2.05, 4.69) is 130 Å². The summed E-state index contributed by atoms with van der Waals surface area (Å²) in [6.45, 7) is 6.09. The molecule has 6 heteroatoms. The number of rotatable bonds is 41. The van der Waals surface area contributed by atoms with Crippen LogP contribution in [0.15, 0.2) is 170 Å². The number of ether oxygens (including phenoxy) is 3. The van der Waals surface area contributed by atoms with Crippen LogP contribution in [-0.2, 0) is 28.6 Å². The fourth-order valence-electron chi connectivity index (χ4n) is 5.74. The van der Waals surface area contributed by atoms with Crippen molar-refractivity contribution >= 4 is 17.9 Å². The van der Waals surface area contributed by atoms with Crippen LogP contribution in [0.1, 0.15) is 162 Å². The normalized spacial score (nSPS) is 13.6. The second-order valence-corrected chi connectivity index (χ2v) is 15.3. The van der Waals surface area contributed by atoms with Crippen molar-refractivity contribution in [2.45, 2.75) is 168 Å². The molecule has 0 radical (unpaired) electrons. The lowest BCUT2D eigenvalue weighted by Gasteiger charge is -2.18. The van der Waals surface area contributed by atoms with Crippen molar-refractivity contribution in [3.05, 3.63) is 170 Å². The molecule has 0 amide bonds. The molecule has 358 valence electrons. The van der Waals surface area contributed by atoms with Gasteiger partial charge < -0.3 is 14.2 Å². The van der Waals surface area contributed by atoms with Gasteiger partial charge in [-0.15, -0.1) is 0 Å². The first-order chi connectivity index (χ1) is 32.0. The van der Waals surface area contributed by atoms with Crippen molar-refractivity contribution in [1.29, 1.82) is 0 Å². The van der Waals surface area contributed by atoms with Gasteiger partial charge in [-0.25, -0.2) is 0 Å². The molecule has 1 unspecified atom stereocenters. The summed E-state index contributed by atoms with van der Waals surface area (Å²) in [4.78, 5) is 37.9. The van der Waals surface area contributed by atoms with Gasteiger partial charge in [0.1, 0.15) is 13.2 Å². The molecular formula is C59H86O6. The summed E-state index contributed by atoms with van der Waals surface area (Å²) in [5.41, 5.74) is 0. The molecule has 0 bridgehead atoms. The predicted octanol–water partition coefficient (Wildman–Crippen LogP) is 16.4. The first-order valence-electron chi connectivity index (χ1n) is 24.7. The molecule has 0 aliphatic rings. The highest BCUT2D eigenvalue weighted by Gasteiger charge is 2.19. The van der Waals surface area contributed by atoms with Gasteiger partial charge in [-0.3, -0.25) is 14.4 Å². The topological polar surface area (TPSA) is 78.9 Å². The summed E-state index contributed by atoms with van der Waals surface area (Å²) in [7, 11) is 0. The molecule has 1 atom stereocenters. The highest BCUT2D eigenvalue weighted by atomic mass is 16.6. The fraction of sp³-hybridized carbons (Fsp3) is 0.475. The fourth-order valence-corrected chi connectivity index (χ4v) is 5.74. The van der Waals surface area contributed by atoms with Gasteiger partial charge in [0.15, 0.2) is 6.10 Å². The lowest BCUT2D eigenvalue weighted by Crippen LogP contribution is -2.30. The van der Waals surface area contributed by atoms with E-state index in [1.54, 1.807) is 0 Å². The number of hydrogen-bond donors (Lipinski definition) is 0. The van der Waals surface area contributed by atoms with Crippen LogP contribution in [0.5, 0.6) is 0 Å². The van der Waals surface area contributed by atoms with Crippen LogP contribution in [0.2, 0.25) is 0 Å². The van der Waals surface area contributed by atoms with Gasteiger partial charge in [-0.2, -0.15) is 0 Å². The Balaban J connectivity index is 4.68. The SMILES string of the molecule is CC\C=C/C=C\C=C/C=C\C=C/CCCCCC(=O)OCC(COC(=O)CC/C=C\C/C=C\C/C=C\C/C=C\C/C=C\CC)OC(=O)CCCCC/C=C\C/C=C\C/C=C\C/C=C\CC. The van der Waals surface area contributed by atoms with Gasteiger partial charge in [-0.05, 0) is 109 Å². The van der Waals surface area contributed by atoms with Crippen LogP contribution in [0.25, 0.3) is 0 Å². The molecule has 0 spiro atoms. The maximum Gasteiger partial charge on any atom is 0.306 e. The lowest BCUT2D eigenvalue weighted by molar-refractivity contribution is -0.166. The Bertz CT molecular complexity index is 1590. The quantitative estimate of drug-likeness (QED) is 0.0200. The first-order valence-corrected chi connectivity index (χ1v) is 24.7. The Morgan fingerprint density at radius 3 is 1.11 bits per heavy atom. The van der Waals surface area contributed by atoms with Crippen molar-refractivity contribution < 1.29 is 28.6 Å². The number of carbonyl (C=O) groups is 3. The Hall–Kier alpha value is -5.23. The minimum Gasteiger partial charge on any atom is -0.462 e. The molecule has 0 aromatic heterocycles. The van der Waals surface area contributed by atoms with Crippen LogP contribution < -0.4 is 0 Å². The van der Waals surface area contributed by atoms with E-state index in [1.807, 2.05) is 60.8 Å².